The van der Waals surface area contributed by atoms with Gasteiger partial charge in [0.15, 0.2) is 5.78 Å². The lowest BCUT2D eigenvalue weighted by molar-refractivity contribution is -0.124. The van der Waals surface area contributed by atoms with Gasteiger partial charge in [-0.15, -0.1) is 11.3 Å². The van der Waals surface area contributed by atoms with Crippen molar-refractivity contribution in [2.45, 2.75) is 55.6 Å². The number of aromatic nitrogens is 1. The first-order chi connectivity index (χ1) is 16.9. The lowest BCUT2D eigenvalue weighted by atomic mass is 9.70. The number of carbonyl (C=O) groups is 2. The second kappa shape index (κ2) is 8.37. The van der Waals surface area contributed by atoms with E-state index < -0.39 is 11.6 Å². The molecule has 6 rings (SSSR count). The molecular weight excluding hydrogens is 460 g/mol. The number of nitrogen functional groups attached to an aromatic ring is 1. The van der Waals surface area contributed by atoms with E-state index in [0.29, 0.717) is 33.2 Å². The standard InChI is InChI=1S/C26H30N6O2S/c27-17-7-6-16-19-20(23(35-22(17)19)25(34)32-15-5-2-9-30-12-15)21(28)24(33)26(16,29)14-8-10-31-18(11-14)13-3-1-4-13/h6-8,10-11,13,15,21,30H,1-5,9,12,27-29H2,(H,32,34). The summed E-state index contributed by atoms with van der Waals surface area (Å²) in [4.78, 5) is 32.3. The molecule has 2 aliphatic carbocycles. The Bertz CT molecular complexity index is 1340. The van der Waals surface area contributed by atoms with E-state index in [0.717, 1.165) is 54.6 Å². The normalized spacial score (nSPS) is 26.5. The molecule has 9 heteroatoms. The summed E-state index contributed by atoms with van der Waals surface area (Å²) in [5, 5.41) is 7.16. The molecule has 8 N–H and O–H groups in total. The van der Waals surface area contributed by atoms with Crippen LogP contribution in [0.15, 0.2) is 30.5 Å². The van der Waals surface area contributed by atoms with E-state index in [-0.39, 0.29) is 17.7 Å². The van der Waals surface area contributed by atoms with E-state index in [1.54, 1.807) is 18.3 Å². The summed E-state index contributed by atoms with van der Waals surface area (Å²) < 4.78 is 0.746. The molecule has 1 aliphatic heterocycles. The Kier molecular flexibility index (Phi) is 5.41. The van der Waals surface area contributed by atoms with Gasteiger partial charge in [-0.05, 0) is 61.6 Å². The third-order valence-corrected chi connectivity index (χ3v) is 9.16. The number of ketones is 1. The molecule has 0 bridgehead atoms. The number of pyridine rings is 1. The van der Waals surface area contributed by atoms with E-state index in [1.165, 1.54) is 17.8 Å². The zero-order valence-electron chi connectivity index (χ0n) is 19.5. The van der Waals surface area contributed by atoms with Crippen LogP contribution in [0.3, 0.4) is 0 Å². The van der Waals surface area contributed by atoms with Crippen LogP contribution in [0.2, 0.25) is 0 Å². The van der Waals surface area contributed by atoms with Crippen LogP contribution >= 0.6 is 11.3 Å². The van der Waals surface area contributed by atoms with Gasteiger partial charge in [0.05, 0.1) is 15.6 Å². The van der Waals surface area contributed by atoms with Gasteiger partial charge in [-0.1, -0.05) is 12.5 Å². The number of anilines is 1. The number of nitrogens with two attached hydrogens (primary N) is 3. The van der Waals surface area contributed by atoms with Crippen LogP contribution in [-0.4, -0.2) is 35.8 Å². The van der Waals surface area contributed by atoms with Crippen molar-refractivity contribution in [1.29, 1.82) is 0 Å². The third kappa shape index (κ3) is 3.41. The van der Waals surface area contributed by atoms with Crippen LogP contribution < -0.4 is 27.8 Å². The molecule has 3 aromatic rings. The lowest BCUT2D eigenvalue weighted by Crippen LogP contribution is -2.52. The van der Waals surface area contributed by atoms with E-state index >= 15 is 0 Å². The van der Waals surface area contributed by atoms with Crippen molar-refractivity contribution in [3.05, 3.63) is 57.7 Å². The van der Waals surface area contributed by atoms with Gasteiger partial charge in [0, 0.05) is 47.0 Å². The van der Waals surface area contributed by atoms with Gasteiger partial charge in [0.1, 0.15) is 5.54 Å². The SMILES string of the molecule is Nc1ccc2c3c(c(C(=O)NC4CCCNC4)sc13)C(N)C(=O)C2(N)c1ccnc(C2CCC2)c1. The highest BCUT2D eigenvalue weighted by Crippen LogP contribution is 2.49. The number of rotatable bonds is 4. The number of carbonyl (C=O) groups excluding carboxylic acids is 2. The van der Waals surface area contributed by atoms with Crippen LogP contribution in [0.25, 0.3) is 10.1 Å². The van der Waals surface area contributed by atoms with Crippen molar-refractivity contribution in [1.82, 2.24) is 15.6 Å². The number of amides is 1. The average Bonchev–Trinajstić information content (AvgIpc) is 3.24. The molecule has 1 aromatic carbocycles. The minimum Gasteiger partial charge on any atom is -0.398 e. The topological polar surface area (TPSA) is 149 Å². The predicted octanol–water partition coefficient (Wildman–Crippen LogP) is 2.41. The van der Waals surface area contributed by atoms with Crippen LogP contribution in [0.4, 0.5) is 5.69 Å². The monoisotopic (exact) mass is 490 g/mol. The van der Waals surface area contributed by atoms with Crippen molar-refractivity contribution >= 4 is 38.8 Å². The number of hydrogen-bond acceptors (Lipinski definition) is 8. The molecule has 3 atom stereocenters. The molecule has 1 saturated heterocycles. The van der Waals surface area contributed by atoms with Gasteiger partial charge in [-0.3, -0.25) is 14.6 Å². The Morgan fingerprint density at radius 3 is 2.74 bits per heavy atom. The van der Waals surface area contributed by atoms with Crippen molar-refractivity contribution < 1.29 is 9.59 Å². The Morgan fingerprint density at radius 1 is 1.20 bits per heavy atom. The Labute approximate surface area is 207 Å². The van der Waals surface area contributed by atoms with Crippen molar-refractivity contribution in [3.8, 4) is 0 Å². The maximum absolute atomic E-state index is 13.9. The molecule has 1 saturated carbocycles. The number of thiophene rings is 1. The van der Waals surface area contributed by atoms with Gasteiger partial charge in [0.25, 0.3) is 5.91 Å². The highest BCUT2D eigenvalue weighted by Gasteiger charge is 2.49. The average molecular weight is 491 g/mol. The highest BCUT2D eigenvalue weighted by atomic mass is 32.1. The number of hydrogen-bond donors (Lipinski definition) is 5. The molecule has 0 spiro atoms. The van der Waals surface area contributed by atoms with Crippen LogP contribution in [0, 0.1) is 0 Å². The molecule has 3 unspecified atom stereocenters. The van der Waals surface area contributed by atoms with E-state index in [9.17, 15) is 9.59 Å². The van der Waals surface area contributed by atoms with E-state index in [2.05, 4.69) is 15.6 Å². The van der Waals surface area contributed by atoms with E-state index in [4.69, 9.17) is 17.2 Å². The number of Topliss-reactive ketones (excluding diaryl/α,β-unsaturated/α-hetero) is 1. The second-order valence-corrected chi connectivity index (χ2v) is 11.0. The number of benzene rings is 1. The largest absolute Gasteiger partial charge is 0.398 e. The Hall–Kier alpha value is -2.85. The maximum atomic E-state index is 13.9. The molecule has 3 aliphatic rings. The van der Waals surface area contributed by atoms with Crippen LogP contribution in [0.1, 0.15) is 76.1 Å². The number of nitrogens with zero attached hydrogens (tertiary/aromatic N) is 1. The van der Waals surface area contributed by atoms with Gasteiger partial charge < -0.3 is 27.8 Å². The summed E-state index contributed by atoms with van der Waals surface area (Å²) in [5.41, 5.74) is 21.9. The molecular formula is C26H30N6O2S. The number of nitrogens with one attached hydrogen (secondary N) is 2. The Balaban J connectivity index is 1.49. The molecule has 2 aromatic heterocycles. The van der Waals surface area contributed by atoms with Gasteiger partial charge in [-0.2, -0.15) is 0 Å². The summed E-state index contributed by atoms with van der Waals surface area (Å²) in [6.07, 6.45) is 7.02. The van der Waals surface area contributed by atoms with Crippen LogP contribution in [0.5, 0.6) is 0 Å². The highest BCUT2D eigenvalue weighted by molar-refractivity contribution is 7.21. The summed E-state index contributed by atoms with van der Waals surface area (Å²) in [6, 6.07) is 6.34. The predicted molar refractivity (Wildman–Crippen MR) is 137 cm³/mol. The second-order valence-electron chi connectivity index (χ2n) is 10.0. The fourth-order valence-corrected chi connectivity index (χ4v) is 6.90. The minimum absolute atomic E-state index is 0.0383. The maximum Gasteiger partial charge on any atom is 0.262 e. The first-order valence-corrected chi connectivity index (χ1v) is 13.1. The third-order valence-electron chi connectivity index (χ3n) is 7.91. The molecule has 182 valence electrons. The van der Waals surface area contributed by atoms with Gasteiger partial charge in [0.2, 0.25) is 0 Å². The summed E-state index contributed by atoms with van der Waals surface area (Å²) in [6.45, 7) is 1.68. The van der Waals surface area contributed by atoms with Gasteiger partial charge >= 0.3 is 0 Å². The molecule has 3 heterocycles. The summed E-state index contributed by atoms with van der Waals surface area (Å²) in [7, 11) is 0. The summed E-state index contributed by atoms with van der Waals surface area (Å²) >= 11 is 1.29. The smallest absolute Gasteiger partial charge is 0.262 e. The Morgan fingerprint density at radius 2 is 2.03 bits per heavy atom. The first kappa shape index (κ1) is 22.6. The fourth-order valence-electron chi connectivity index (χ4n) is 5.69. The molecule has 35 heavy (non-hydrogen) atoms. The van der Waals surface area contributed by atoms with Crippen LogP contribution in [-0.2, 0) is 10.3 Å². The van der Waals surface area contributed by atoms with Crippen molar-refractivity contribution in [3.63, 3.8) is 0 Å². The molecule has 8 nitrogen and oxygen atoms in total. The lowest BCUT2D eigenvalue weighted by Gasteiger charge is -2.37. The molecule has 0 radical (unpaired) electrons. The first-order valence-electron chi connectivity index (χ1n) is 12.3. The zero-order chi connectivity index (χ0) is 24.3. The molecule has 2 fully saturated rings. The van der Waals surface area contributed by atoms with E-state index in [1.807, 2.05) is 12.1 Å². The van der Waals surface area contributed by atoms with Gasteiger partial charge in [-0.25, -0.2) is 0 Å². The molecule has 1 amide bonds. The minimum atomic E-state index is -1.44. The van der Waals surface area contributed by atoms with Crippen molar-refractivity contribution in [2.75, 3.05) is 18.8 Å². The number of piperidine rings is 1. The zero-order valence-corrected chi connectivity index (χ0v) is 20.3. The quantitative estimate of drug-likeness (QED) is 0.353. The fraction of sp³-hybridized carbons (Fsp3) is 0.423. The van der Waals surface area contributed by atoms with Crippen molar-refractivity contribution in [2.24, 2.45) is 11.5 Å². The summed E-state index contributed by atoms with van der Waals surface area (Å²) in [5.74, 6) is -0.142.